The van der Waals surface area contributed by atoms with Crippen LogP contribution in [0.5, 0.6) is 0 Å². The van der Waals surface area contributed by atoms with E-state index in [4.69, 9.17) is 46.4 Å². The monoisotopic (exact) mass is 604 g/mol. The number of carbonyl (C=O) groups excluding carboxylic acids is 2. The molecule has 34 heavy (non-hydrogen) atoms. The minimum atomic E-state index is -0.145. The summed E-state index contributed by atoms with van der Waals surface area (Å²) < 4.78 is 1.59. The second-order valence-corrected chi connectivity index (χ2v) is 13.1. The summed E-state index contributed by atoms with van der Waals surface area (Å²) in [4.78, 5) is 33.8. The molecule has 0 radical (unpaired) electrons. The molecule has 0 aliphatic heterocycles. The van der Waals surface area contributed by atoms with Gasteiger partial charge < -0.3 is 0 Å². The van der Waals surface area contributed by atoms with Gasteiger partial charge in [0.1, 0.15) is 0 Å². The minimum absolute atomic E-state index is 0.0897. The molecule has 0 bridgehead atoms. The van der Waals surface area contributed by atoms with Crippen molar-refractivity contribution in [2.75, 3.05) is 0 Å². The summed E-state index contributed by atoms with van der Waals surface area (Å²) in [5, 5.41) is 2.36. The molecule has 12 heteroatoms. The summed E-state index contributed by atoms with van der Waals surface area (Å²) >= 11 is 30.9. The van der Waals surface area contributed by atoms with Crippen molar-refractivity contribution in [2.45, 2.75) is 32.1 Å². The third-order valence-corrected chi connectivity index (χ3v) is 10.6. The Kier molecular flexibility index (Phi) is 8.32. The molecule has 2 heterocycles. The Balaban J connectivity index is 1.71. The van der Waals surface area contributed by atoms with Crippen LogP contribution in [0.4, 0.5) is 0 Å². The zero-order chi connectivity index (χ0) is 24.6. The normalized spacial score (nSPS) is 11.1. The molecular formula is C22H12Cl4N2O2S4. The van der Waals surface area contributed by atoms with Gasteiger partial charge in [-0.25, -0.2) is 9.97 Å². The van der Waals surface area contributed by atoms with Crippen molar-refractivity contribution in [3.8, 4) is 11.3 Å². The van der Waals surface area contributed by atoms with Crippen molar-refractivity contribution in [1.82, 2.24) is 9.97 Å². The highest BCUT2D eigenvalue weighted by Crippen LogP contribution is 2.47. The number of hydrogen-bond donors (Lipinski definition) is 0. The van der Waals surface area contributed by atoms with Gasteiger partial charge in [0.25, 0.3) is 0 Å². The SMILES string of the molecule is CC(=O)c1ncc(Sc2ccc(-c3nc(C(C)=O)sc3Sc3ccc(Cl)c(Cl)c3)c(Cl)c2Cl)s1. The molecule has 0 unspecified atom stereocenters. The summed E-state index contributed by atoms with van der Waals surface area (Å²) in [6.07, 6.45) is 1.63. The van der Waals surface area contributed by atoms with Crippen molar-refractivity contribution in [2.24, 2.45) is 0 Å². The van der Waals surface area contributed by atoms with Crippen molar-refractivity contribution in [1.29, 1.82) is 0 Å². The molecule has 4 rings (SSSR count). The lowest BCUT2D eigenvalue weighted by molar-refractivity contribution is 0.100. The molecule has 2 aromatic carbocycles. The van der Waals surface area contributed by atoms with E-state index in [-0.39, 0.29) is 11.6 Å². The molecule has 0 amide bonds. The highest BCUT2D eigenvalue weighted by molar-refractivity contribution is 8.01. The topological polar surface area (TPSA) is 59.9 Å². The number of benzene rings is 2. The highest BCUT2D eigenvalue weighted by Gasteiger charge is 2.22. The molecule has 0 aliphatic carbocycles. The van der Waals surface area contributed by atoms with Gasteiger partial charge in [0.2, 0.25) is 0 Å². The molecule has 4 aromatic rings. The van der Waals surface area contributed by atoms with E-state index in [9.17, 15) is 9.59 Å². The van der Waals surface area contributed by atoms with Crippen molar-refractivity contribution < 1.29 is 9.59 Å². The Morgan fingerprint density at radius 3 is 2.24 bits per heavy atom. The molecule has 2 aromatic heterocycles. The summed E-state index contributed by atoms with van der Waals surface area (Å²) in [5.74, 6) is -0.235. The van der Waals surface area contributed by atoms with E-state index in [0.29, 0.717) is 41.4 Å². The van der Waals surface area contributed by atoms with E-state index in [0.717, 1.165) is 18.2 Å². The Hall–Kier alpha value is -1.10. The number of halogens is 4. The van der Waals surface area contributed by atoms with Crippen molar-refractivity contribution in [3.05, 3.63) is 66.6 Å². The van der Waals surface area contributed by atoms with Crippen LogP contribution in [0.2, 0.25) is 20.1 Å². The zero-order valence-corrected chi connectivity index (χ0v) is 23.6. The molecule has 0 saturated heterocycles. The Bertz CT molecular complexity index is 1430. The smallest absolute Gasteiger partial charge is 0.188 e. The van der Waals surface area contributed by atoms with Gasteiger partial charge in [-0.05, 0) is 24.3 Å². The molecule has 174 valence electrons. The molecule has 4 nitrogen and oxygen atoms in total. The Morgan fingerprint density at radius 2 is 1.59 bits per heavy atom. The molecular weight excluding hydrogens is 594 g/mol. The van der Waals surface area contributed by atoms with E-state index >= 15 is 0 Å². The maximum Gasteiger partial charge on any atom is 0.188 e. The maximum atomic E-state index is 12.1. The number of carbonyl (C=O) groups is 2. The predicted octanol–water partition coefficient (Wildman–Crippen LogP) is 9.59. The lowest BCUT2D eigenvalue weighted by Gasteiger charge is -2.10. The van der Waals surface area contributed by atoms with Crippen LogP contribution in [0.3, 0.4) is 0 Å². The first-order valence-corrected chi connectivity index (χ1v) is 14.2. The number of aromatic nitrogens is 2. The van der Waals surface area contributed by atoms with Crippen LogP contribution in [0.15, 0.2) is 54.7 Å². The summed E-state index contributed by atoms with van der Waals surface area (Å²) in [6, 6.07) is 8.97. The number of hydrogen-bond acceptors (Lipinski definition) is 8. The molecule has 0 saturated carbocycles. The van der Waals surface area contributed by atoms with E-state index < -0.39 is 0 Å². The van der Waals surface area contributed by atoms with Gasteiger partial charge in [-0.15, -0.1) is 22.7 Å². The van der Waals surface area contributed by atoms with Crippen molar-refractivity contribution in [3.63, 3.8) is 0 Å². The van der Waals surface area contributed by atoms with Crippen LogP contribution in [0.25, 0.3) is 11.3 Å². The second kappa shape index (κ2) is 10.9. The van der Waals surface area contributed by atoms with Gasteiger partial charge in [0, 0.05) is 29.2 Å². The Morgan fingerprint density at radius 1 is 0.853 bits per heavy atom. The quantitative estimate of drug-likeness (QED) is 0.195. The van der Waals surface area contributed by atoms with Crippen LogP contribution < -0.4 is 0 Å². The number of thiazole rings is 2. The van der Waals surface area contributed by atoms with E-state index in [1.807, 2.05) is 18.2 Å². The highest BCUT2D eigenvalue weighted by atomic mass is 35.5. The second-order valence-electron chi connectivity index (χ2n) is 6.77. The number of Topliss-reactive ketones (excluding diaryl/α,β-unsaturated/α-hetero) is 2. The minimum Gasteiger partial charge on any atom is -0.292 e. The lowest BCUT2D eigenvalue weighted by atomic mass is 10.2. The Labute approximate surface area is 232 Å². The van der Waals surface area contributed by atoms with Crippen molar-refractivity contribution >= 4 is 104 Å². The first kappa shape index (κ1) is 26.0. The van der Waals surface area contributed by atoms with Crippen LogP contribution in [0.1, 0.15) is 33.5 Å². The molecule has 0 atom stereocenters. The third kappa shape index (κ3) is 5.65. The average Bonchev–Trinajstić information content (AvgIpc) is 3.42. The predicted molar refractivity (Wildman–Crippen MR) is 144 cm³/mol. The standard InChI is InChI=1S/C22H12Cl4N2O2S4/c1-9(29)20-27-8-16(33-20)32-15-6-4-12(17(25)18(15)26)19-22(34-21(28-19)10(2)30)31-11-3-5-13(23)14(24)7-11/h3-8H,1-2H3. The van der Waals surface area contributed by atoms with Crippen LogP contribution >= 0.6 is 92.6 Å². The van der Waals surface area contributed by atoms with E-state index in [1.165, 1.54) is 60.0 Å². The molecule has 0 aliphatic rings. The maximum absolute atomic E-state index is 12.1. The summed E-state index contributed by atoms with van der Waals surface area (Å²) in [5.41, 5.74) is 1.17. The number of rotatable bonds is 7. The van der Waals surface area contributed by atoms with E-state index in [2.05, 4.69) is 9.97 Å². The van der Waals surface area contributed by atoms with Crippen LogP contribution in [0, 0.1) is 0 Å². The van der Waals surface area contributed by atoms with Gasteiger partial charge in [-0.1, -0.05) is 76.0 Å². The fraction of sp³-hybridized carbons (Fsp3) is 0.0909. The van der Waals surface area contributed by atoms with Gasteiger partial charge in [-0.2, -0.15) is 0 Å². The zero-order valence-electron chi connectivity index (χ0n) is 17.3. The van der Waals surface area contributed by atoms with Crippen LogP contribution in [-0.2, 0) is 0 Å². The summed E-state index contributed by atoms with van der Waals surface area (Å²) in [7, 11) is 0. The third-order valence-electron chi connectivity index (χ3n) is 4.30. The lowest BCUT2D eigenvalue weighted by Crippen LogP contribution is -1.91. The first-order chi connectivity index (χ1) is 16.1. The number of nitrogens with zero attached hydrogens (tertiary/aromatic N) is 2. The summed E-state index contributed by atoms with van der Waals surface area (Å²) in [6.45, 7) is 2.94. The van der Waals surface area contributed by atoms with Gasteiger partial charge in [0.05, 0.1) is 40.4 Å². The number of ketones is 2. The van der Waals surface area contributed by atoms with Crippen LogP contribution in [-0.4, -0.2) is 21.5 Å². The fourth-order valence-corrected chi connectivity index (χ4v) is 7.72. The first-order valence-electron chi connectivity index (χ1n) is 9.41. The molecule has 0 fully saturated rings. The largest absolute Gasteiger partial charge is 0.292 e. The van der Waals surface area contributed by atoms with Gasteiger partial charge >= 0.3 is 0 Å². The molecule has 0 spiro atoms. The fourth-order valence-electron chi connectivity index (χ4n) is 2.71. The van der Waals surface area contributed by atoms with Gasteiger partial charge in [-0.3, -0.25) is 9.59 Å². The molecule has 0 N–H and O–H groups in total. The van der Waals surface area contributed by atoms with E-state index in [1.54, 1.807) is 18.3 Å². The van der Waals surface area contributed by atoms with Gasteiger partial charge in [0.15, 0.2) is 21.6 Å². The average molecular weight is 606 g/mol.